The molecule has 2 nitrogen and oxygen atoms in total. The zero-order valence-electron chi connectivity index (χ0n) is 7.00. The van der Waals surface area contributed by atoms with Crippen LogP contribution in [0.5, 0.6) is 0 Å². The predicted molar refractivity (Wildman–Crippen MR) is 58.2 cm³/mol. The fourth-order valence-corrected chi connectivity index (χ4v) is 1.77. The molecule has 0 saturated carbocycles. The summed E-state index contributed by atoms with van der Waals surface area (Å²) >= 11 is 2.30. The minimum atomic E-state index is 1.06. The number of nitrogens with zero attached hydrogens (tertiary/aromatic N) is 2. The van der Waals surface area contributed by atoms with Gasteiger partial charge in [0.2, 0.25) is 0 Å². The maximum atomic E-state index is 4.43. The third kappa shape index (κ3) is 1.12. The van der Waals surface area contributed by atoms with Crippen LogP contribution < -0.4 is 0 Å². The molecule has 0 aliphatic carbocycles. The first-order valence-electron chi connectivity index (χ1n) is 3.77. The largest absolute Gasteiger partial charge is 0.331 e. The van der Waals surface area contributed by atoms with Crippen LogP contribution in [0.1, 0.15) is 5.82 Å². The maximum Gasteiger partial charge on any atom is 0.106 e. The third-order valence-electron chi connectivity index (χ3n) is 2.07. The van der Waals surface area contributed by atoms with Crippen molar-refractivity contribution in [3.8, 4) is 0 Å². The number of aromatic nitrogens is 2. The summed E-state index contributed by atoms with van der Waals surface area (Å²) in [6.45, 7) is 2.02. The van der Waals surface area contributed by atoms with E-state index >= 15 is 0 Å². The van der Waals surface area contributed by atoms with Crippen LogP contribution in [0.15, 0.2) is 18.2 Å². The monoisotopic (exact) mass is 272 g/mol. The fourth-order valence-electron chi connectivity index (χ4n) is 1.29. The van der Waals surface area contributed by atoms with Crippen LogP contribution in [0.4, 0.5) is 0 Å². The van der Waals surface area contributed by atoms with Crippen molar-refractivity contribution in [1.82, 2.24) is 9.55 Å². The minimum absolute atomic E-state index is 1.06. The Bertz CT molecular complexity index is 431. The Hall–Kier alpha value is -0.580. The van der Waals surface area contributed by atoms with Crippen LogP contribution in [0.25, 0.3) is 11.0 Å². The summed E-state index contributed by atoms with van der Waals surface area (Å²) < 4.78 is 3.34. The summed E-state index contributed by atoms with van der Waals surface area (Å²) in [5, 5.41) is 0. The Morgan fingerprint density at radius 2 is 2.17 bits per heavy atom. The molecule has 0 fully saturated rings. The van der Waals surface area contributed by atoms with Gasteiger partial charge in [0, 0.05) is 10.6 Å². The summed E-state index contributed by atoms with van der Waals surface area (Å²) in [4.78, 5) is 4.43. The van der Waals surface area contributed by atoms with Crippen LogP contribution in [-0.2, 0) is 7.05 Å². The highest BCUT2D eigenvalue weighted by atomic mass is 127. The van der Waals surface area contributed by atoms with Crippen molar-refractivity contribution in [2.24, 2.45) is 7.05 Å². The molecule has 0 aliphatic heterocycles. The van der Waals surface area contributed by atoms with Crippen molar-refractivity contribution in [2.75, 3.05) is 0 Å². The van der Waals surface area contributed by atoms with Crippen molar-refractivity contribution in [3.05, 3.63) is 27.6 Å². The third-order valence-corrected chi connectivity index (χ3v) is 2.74. The van der Waals surface area contributed by atoms with Crippen molar-refractivity contribution < 1.29 is 0 Å². The van der Waals surface area contributed by atoms with E-state index in [-0.39, 0.29) is 0 Å². The zero-order chi connectivity index (χ0) is 8.72. The van der Waals surface area contributed by atoms with Crippen LogP contribution in [0.3, 0.4) is 0 Å². The van der Waals surface area contributed by atoms with Crippen LogP contribution in [-0.4, -0.2) is 9.55 Å². The number of fused-ring (bicyclic) bond motifs is 1. The lowest BCUT2D eigenvalue weighted by atomic mass is 10.3. The summed E-state index contributed by atoms with van der Waals surface area (Å²) in [5.41, 5.74) is 2.29. The van der Waals surface area contributed by atoms with Gasteiger partial charge >= 0.3 is 0 Å². The Morgan fingerprint density at radius 3 is 2.92 bits per heavy atom. The van der Waals surface area contributed by atoms with Gasteiger partial charge in [0.25, 0.3) is 0 Å². The van der Waals surface area contributed by atoms with Gasteiger partial charge < -0.3 is 4.57 Å². The molecule has 0 N–H and O–H groups in total. The molecule has 1 aromatic heterocycles. The molecule has 0 saturated heterocycles. The molecule has 0 amide bonds. The molecule has 0 bridgehead atoms. The Balaban J connectivity index is 2.87. The molecule has 0 aliphatic rings. The molecule has 0 atom stereocenters. The van der Waals surface area contributed by atoms with Gasteiger partial charge in [-0.2, -0.15) is 0 Å². The fraction of sp³-hybridized carbons (Fsp3) is 0.222. The van der Waals surface area contributed by atoms with Gasteiger partial charge in [0.15, 0.2) is 0 Å². The highest BCUT2D eigenvalue weighted by molar-refractivity contribution is 14.1. The van der Waals surface area contributed by atoms with E-state index < -0.39 is 0 Å². The topological polar surface area (TPSA) is 17.8 Å². The molecule has 12 heavy (non-hydrogen) atoms. The molecule has 0 unspecified atom stereocenters. The molecule has 2 rings (SSSR count). The van der Waals surface area contributed by atoms with Crippen LogP contribution >= 0.6 is 22.6 Å². The first kappa shape index (κ1) is 8.04. The molecular weight excluding hydrogens is 263 g/mol. The highest BCUT2D eigenvalue weighted by Crippen LogP contribution is 2.16. The second-order valence-corrected chi connectivity index (χ2v) is 4.10. The number of hydrogen-bond acceptors (Lipinski definition) is 1. The average Bonchev–Trinajstić information content (AvgIpc) is 2.28. The zero-order valence-corrected chi connectivity index (χ0v) is 9.16. The Labute approximate surface area is 84.7 Å². The van der Waals surface area contributed by atoms with Crippen molar-refractivity contribution in [3.63, 3.8) is 0 Å². The minimum Gasteiger partial charge on any atom is -0.331 e. The van der Waals surface area contributed by atoms with E-state index in [4.69, 9.17) is 0 Å². The SMILES string of the molecule is Cc1nc2cc(I)ccc2n1C. The van der Waals surface area contributed by atoms with Gasteiger partial charge in [-0.1, -0.05) is 0 Å². The summed E-state index contributed by atoms with van der Waals surface area (Å²) in [5.74, 6) is 1.06. The van der Waals surface area contributed by atoms with E-state index in [1.54, 1.807) is 0 Å². The second-order valence-electron chi connectivity index (χ2n) is 2.85. The lowest BCUT2D eigenvalue weighted by Crippen LogP contribution is -1.89. The van der Waals surface area contributed by atoms with Gasteiger partial charge in [-0.25, -0.2) is 4.98 Å². The van der Waals surface area contributed by atoms with E-state index in [0.717, 1.165) is 11.3 Å². The second kappa shape index (κ2) is 2.73. The molecule has 62 valence electrons. The maximum absolute atomic E-state index is 4.43. The van der Waals surface area contributed by atoms with Gasteiger partial charge in [0.05, 0.1) is 11.0 Å². The van der Waals surface area contributed by atoms with E-state index in [0.29, 0.717) is 0 Å². The lowest BCUT2D eigenvalue weighted by Gasteiger charge is -1.95. The molecule has 0 spiro atoms. The molecule has 1 aromatic carbocycles. The van der Waals surface area contributed by atoms with Gasteiger partial charge in [-0.05, 0) is 47.7 Å². The average molecular weight is 272 g/mol. The Morgan fingerprint density at radius 1 is 1.42 bits per heavy atom. The lowest BCUT2D eigenvalue weighted by molar-refractivity contribution is 0.886. The molecular formula is C9H9IN2. The van der Waals surface area contributed by atoms with Gasteiger partial charge in [-0.15, -0.1) is 0 Å². The molecule has 2 aromatic rings. The van der Waals surface area contributed by atoms with Crippen LogP contribution in [0, 0.1) is 10.5 Å². The van der Waals surface area contributed by atoms with Crippen molar-refractivity contribution in [2.45, 2.75) is 6.92 Å². The molecule has 0 radical (unpaired) electrons. The normalized spacial score (nSPS) is 10.9. The standard InChI is InChI=1S/C9H9IN2/c1-6-11-8-5-7(10)3-4-9(8)12(6)2/h3-5H,1-2H3. The number of halogens is 1. The van der Waals surface area contributed by atoms with E-state index in [9.17, 15) is 0 Å². The number of aryl methyl sites for hydroxylation is 2. The predicted octanol–water partition coefficient (Wildman–Crippen LogP) is 2.49. The summed E-state index contributed by atoms with van der Waals surface area (Å²) in [6.07, 6.45) is 0. The van der Waals surface area contributed by atoms with E-state index in [1.807, 2.05) is 14.0 Å². The number of rotatable bonds is 0. The summed E-state index contributed by atoms with van der Waals surface area (Å²) in [7, 11) is 2.04. The number of hydrogen-bond donors (Lipinski definition) is 0. The smallest absolute Gasteiger partial charge is 0.106 e. The quantitative estimate of drug-likeness (QED) is 0.674. The van der Waals surface area contributed by atoms with Gasteiger partial charge in [0.1, 0.15) is 5.82 Å². The van der Waals surface area contributed by atoms with E-state index in [1.165, 1.54) is 9.09 Å². The van der Waals surface area contributed by atoms with Gasteiger partial charge in [-0.3, -0.25) is 0 Å². The van der Waals surface area contributed by atoms with Crippen molar-refractivity contribution >= 4 is 33.6 Å². The molecule has 1 heterocycles. The number of imidazole rings is 1. The van der Waals surface area contributed by atoms with E-state index in [2.05, 4.69) is 50.3 Å². The van der Waals surface area contributed by atoms with Crippen molar-refractivity contribution in [1.29, 1.82) is 0 Å². The first-order valence-corrected chi connectivity index (χ1v) is 4.85. The Kier molecular flexibility index (Phi) is 1.83. The molecule has 3 heteroatoms. The summed E-state index contributed by atoms with van der Waals surface area (Å²) in [6, 6.07) is 6.31. The van der Waals surface area contributed by atoms with Crippen LogP contribution in [0.2, 0.25) is 0 Å². The highest BCUT2D eigenvalue weighted by Gasteiger charge is 2.02. The first-order chi connectivity index (χ1) is 5.68. The number of benzene rings is 1.